The van der Waals surface area contributed by atoms with Gasteiger partial charge in [0, 0.05) is 49.3 Å². The first-order chi connectivity index (χ1) is 15.7. The first kappa shape index (κ1) is 25.0. The molecule has 0 amide bonds. The minimum Gasteiger partial charge on any atom is -0.493 e. The molecular formula is C24H33ClN6O2. The summed E-state index contributed by atoms with van der Waals surface area (Å²) in [6.45, 7) is 10.8. The molecule has 1 fully saturated rings. The van der Waals surface area contributed by atoms with E-state index in [1.165, 1.54) is 6.33 Å². The molecule has 8 nitrogen and oxygen atoms in total. The monoisotopic (exact) mass is 472 g/mol. The Kier molecular flexibility index (Phi) is 8.01. The number of aliphatic hydroxyl groups excluding tert-OH is 1. The lowest BCUT2D eigenvalue weighted by Gasteiger charge is -2.41. The van der Waals surface area contributed by atoms with Gasteiger partial charge in [0.1, 0.15) is 29.8 Å². The maximum atomic E-state index is 9.89. The van der Waals surface area contributed by atoms with Gasteiger partial charge in [0.05, 0.1) is 29.8 Å². The molecule has 0 saturated carbocycles. The fraction of sp³-hybridized carbons (Fsp3) is 0.542. The van der Waals surface area contributed by atoms with Gasteiger partial charge in [-0.15, -0.1) is 0 Å². The SMILES string of the molecule is CCOc1c(C(C)N(C)c2ncnc(N)c2C(C)C)cc(Cl)c(C#N)c1C1CN(CCO)C1. The van der Waals surface area contributed by atoms with Crippen LogP contribution in [0.5, 0.6) is 5.75 Å². The summed E-state index contributed by atoms with van der Waals surface area (Å²) in [5, 5.41) is 19.5. The molecule has 1 aromatic carbocycles. The third-order valence-corrected chi connectivity index (χ3v) is 6.61. The van der Waals surface area contributed by atoms with Crippen molar-refractivity contribution in [3.63, 3.8) is 0 Å². The van der Waals surface area contributed by atoms with Crippen molar-refractivity contribution in [2.45, 2.75) is 45.6 Å². The van der Waals surface area contributed by atoms with Gasteiger partial charge in [-0.25, -0.2) is 9.97 Å². The van der Waals surface area contributed by atoms with E-state index < -0.39 is 0 Å². The molecule has 0 aliphatic carbocycles. The molecule has 2 aromatic rings. The van der Waals surface area contributed by atoms with Crippen molar-refractivity contribution >= 4 is 23.2 Å². The number of hydrogen-bond donors (Lipinski definition) is 2. The van der Waals surface area contributed by atoms with E-state index in [0.717, 1.165) is 35.6 Å². The van der Waals surface area contributed by atoms with Gasteiger partial charge in [-0.1, -0.05) is 25.4 Å². The van der Waals surface area contributed by atoms with Crippen LogP contribution < -0.4 is 15.4 Å². The molecule has 1 atom stereocenters. The topological polar surface area (TPSA) is 112 Å². The number of nitrogens with two attached hydrogens (primary N) is 1. The Labute approximate surface area is 200 Å². The van der Waals surface area contributed by atoms with Crippen molar-refractivity contribution in [1.82, 2.24) is 14.9 Å². The molecule has 9 heteroatoms. The van der Waals surface area contributed by atoms with Gasteiger partial charge in [0.2, 0.25) is 0 Å². The number of nitriles is 1. The molecule has 0 spiro atoms. The van der Waals surface area contributed by atoms with E-state index in [0.29, 0.717) is 35.3 Å². The molecule has 33 heavy (non-hydrogen) atoms. The number of benzene rings is 1. The number of anilines is 2. The first-order valence-corrected chi connectivity index (χ1v) is 11.7. The van der Waals surface area contributed by atoms with Crippen molar-refractivity contribution in [3.8, 4) is 11.8 Å². The van der Waals surface area contributed by atoms with Crippen molar-refractivity contribution in [3.05, 3.63) is 39.7 Å². The van der Waals surface area contributed by atoms with E-state index in [4.69, 9.17) is 22.1 Å². The Morgan fingerprint density at radius 2 is 2.06 bits per heavy atom. The molecular weight excluding hydrogens is 440 g/mol. The summed E-state index contributed by atoms with van der Waals surface area (Å²) in [6, 6.07) is 3.96. The number of nitrogen functional groups attached to an aromatic ring is 1. The second-order valence-corrected chi connectivity index (χ2v) is 9.14. The van der Waals surface area contributed by atoms with Gasteiger partial charge < -0.3 is 20.5 Å². The molecule has 1 unspecified atom stereocenters. The van der Waals surface area contributed by atoms with Gasteiger partial charge >= 0.3 is 0 Å². The average molecular weight is 473 g/mol. The van der Waals surface area contributed by atoms with Crippen LogP contribution in [0.2, 0.25) is 5.02 Å². The number of aliphatic hydroxyl groups is 1. The summed E-state index contributed by atoms with van der Waals surface area (Å²) in [7, 11) is 1.96. The maximum Gasteiger partial charge on any atom is 0.137 e. The van der Waals surface area contributed by atoms with E-state index in [1.807, 2.05) is 20.0 Å². The number of aromatic nitrogens is 2. The van der Waals surface area contributed by atoms with Gasteiger partial charge in [-0.05, 0) is 25.8 Å². The molecule has 0 bridgehead atoms. The number of hydrogen-bond acceptors (Lipinski definition) is 8. The zero-order chi connectivity index (χ0) is 24.3. The summed E-state index contributed by atoms with van der Waals surface area (Å²) in [5.41, 5.74) is 9.28. The zero-order valence-corrected chi connectivity index (χ0v) is 20.7. The highest BCUT2D eigenvalue weighted by Crippen LogP contribution is 2.45. The van der Waals surface area contributed by atoms with E-state index in [1.54, 1.807) is 0 Å². The fourth-order valence-corrected chi connectivity index (χ4v) is 4.76. The second-order valence-electron chi connectivity index (χ2n) is 8.73. The quantitative estimate of drug-likeness (QED) is 0.568. The lowest BCUT2D eigenvalue weighted by atomic mass is 9.85. The number of β-amino-alcohol motifs (C(OH)–C–C–N with tert-alkyl or cyclic N) is 1. The van der Waals surface area contributed by atoms with Gasteiger partial charge in [0.25, 0.3) is 0 Å². The number of rotatable bonds is 9. The van der Waals surface area contributed by atoms with E-state index in [9.17, 15) is 10.4 Å². The van der Waals surface area contributed by atoms with Crippen molar-refractivity contribution in [1.29, 1.82) is 5.26 Å². The lowest BCUT2D eigenvalue weighted by Crippen LogP contribution is -2.46. The minimum atomic E-state index is -0.157. The van der Waals surface area contributed by atoms with Gasteiger partial charge in [-0.2, -0.15) is 5.26 Å². The molecule has 0 radical (unpaired) electrons. The Bertz CT molecular complexity index is 1030. The molecule has 2 heterocycles. The van der Waals surface area contributed by atoms with Gasteiger partial charge in [-0.3, -0.25) is 4.90 Å². The summed E-state index contributed by atoms with van der Waals surface area (Å²) < 4.78 is 6.16. The first-order valence-electron chi connectivity index (χ1n) is 11.3. The fourth-order valence-electron chi connectivity index (χ4n) is 4.49. The Morgan fingerprint density at radius 3 is 2.64 bits per heavy atom. The van der Waals surface area contributed by atoms with Crippen molar-refractivity contribution in [2.24, 2.45) is 0 Å². The van der Waals surface area contributed by atoms with Crippen LogP contribution in [0.3, 0.4) is 0 Å². The van der Waals surface area contributed by atoms with Crippen LogP contribution in [0, 0.1) is 11.3 Å². The predicted molar refractivity (Wildman–Crippen MR) is 131 cm³/mol. The normalized spacial score (nSPS) is 15.2. The summed E-state index contributed by atoms with van der Waals surface area (Å²) in [4.78, 5) is 12.9. The average Bonchev–Trinajstić information content (AvgIpc) is 2.75. The number of likely N-dealkylation sites (tertiary alicyclic amines) is 1. The molecule has 1 aliphatic heterocycles. The molecule has 1 saturated heterocycles. The zero-order valence-electron chi connectivity index (χ0n) is 20.0. The number of halogens is 1. The Balaban J connectivity index is 2.09. The number of ether oxygens (including phenoxy) is 1. The molecule has 178 valence electrons. The van der Waals surface area contributed by atoms with Crippen molar-refractivity contribution in [2.75, 3.05) is 50.5 Å². The minimum absolute atomic E-state index is 0.110. The molecule has 1 aliphatic rings. The van der Waals surface area contributed by atoms with Crippen LogP contribution in [0.1, 0.15) is 67.8 Å². The summed E-state index contributed by atoms with van der Waals surface area (Å²) in [5.74, 6) is 2.20. The van der Waals surface area contributed by atoms with Crippen molar-refractivity contribution < 1.29 is 9.84 Å². The second kappa shape index (κ2) is 10.6. The van der Waals surface area contributed by atoms with E-state index >= 15 is 0 Å². The maximum absolute atomic E-state index is 9.89. The Hall–Kier alpha value is -2.60. The third-order valence-electron chi connectivity index (χ3n) is 6.32. The van der Waals surface area contributed by atoms with E-state index in [2.05, 4.69) is 46.6 Å². The highest BCUT2D eigenvalue weighted by Gasteiger charge is 2.35. The van der Waals surface area contributed by atoms with Gasteiger partial charge in [0.15, 0.2) is 0 Å². The predicted octanol–water partition coefficient (Wildman–Crippen LogP) is 3.69. The third kappa shape index (κ3) is 4.86. The summed E-state index contributed by atoms with van der Waals surface area (Å²) >= 11 is 6.64. The van der Waals surface area contributed by atoms with Crippen LogP contribution in [-0.2, 0) is 0 Å². The van der Waals surface area contributed by atoms with Crippen LogP contribution in [0.4, 0.5) is 11.6 Å². The highest BCUT2D eigenvalue weighted by molar-refractivity contribution is 6.32. The molecule has 3 N–H and O–H groups in total. The van der Waals surface area contributed by atoms with Crippen LogP contribution in [-0.4, -0.2) is 59.9 Å². The van der Waals surface area contributed by atoms with E-state index in [-0.39, 0.29) is 24.5 Å². The highest BCUT2D eigenvalue weighted by atomic mass is 35.5. The Morgan fingerprint density at radius 1 is 1.36 bits per heavy atom. The number of nitrogens with zero attached hydrogens (tertiary/aromatic N) is 5. The van der Waals surface area contributed by atoms with Crippen LogP contribution in [0.15, 0.2) is 12.4 Å². The lowest BCUT2D eigenvalue weighted by molar-refractivity contribution is 0.114. The smallest absolute Gasteiger partial charge is 0.137 e. The largest absolute Gasteiger partial charge is 0.493 e. The van der Waals surface area contributed by atoms with Crippen LogP contribution in [0.25, 0.3) is 0 Å². The molecule has 3 rings (SSSR count). The van der Waals surface area contributed by atoms with Crippen LogP contribution >= 0.6 is 11.6 Å². The standard InChI is InChI=1S/C24H33ClN6O2/c1-6-33-22-17(15(4)30(5)24-20(14(2)3)23(27)28-13-29-24)9-19(25)18(10-26)21(22)16-11-31(12-16)7-8-32/h9,13-16,32H,6-8,11-12H2,1-5H3,(H2,27,28,29). The summed E-state index contributed by atoms with van der Waals surface area (Å²) in [6.07, 6.45) is 1.48. The molecule has 1 aromatic heterocycles.